The Balaban J connectivity index is 1.55. The second kappa shape index (κ2) is 12.7. The number of ether oxygens (including phenoxy) is 1. The average Bonchev–Trinajstić information content (AvgIpc) is 2.92. The number of fused-ring (bicyclic) bond motifs is 1. The predicted octanol–water partition coefficient (Wildman–Crippen LogP) is 4.22. The van der Waals surface area contributed by atoms with Crippen molar-refractivity contribution >= 4 is 23.3 Å². The van der Waals surface area contributed by atoms with Gasteiger partial charge in [0.05, 0.1) is 18.2 Å². The Morgan fingerprint density at radius 3 is 2.51 bits per heavy atom. The van der Waals surface area contributed by atoms with Gasteiger partial charge in [-0.2, -0.15) is 0 Å². The van der Waals surface area contributed by atoms with Gasteiger partial charge in [0, 0.05) is 49.3 Å². The summed E-state index contributed by atoms with van der Waals surface area (Å²) in [5.41, 5.74) is 2.24. The van der Waals surface area contributed by atoms with Crippen molar-refractivity contribution in [3.63, 3.8) is 0 Å². The quantitative estimate of drug-likeness (QED) is 0.399. The van der Waals surface area contributed by atoms with E-state index in [9.17, 15) is 19.1 Å². The van der Waals surface area contributed by atoms with Gasteiger partial charge in [-0.15, -0.1) is 0 Å². The molecule has 1 aliphatic heterocycles. The molecule has 0 bridgehead atoms. The minimum absolute atomic E-state index is 0.0183. The number of nitrogens with one attached hydrogen (secondary N) is 2. The number of aliphatic hydroxyl groups excluding tert-OH is 1. The normalized spacial score (nSPS) is 18.0. The molecule has 39 heavy (non-hydrogen) atoms. The molecule has 3 N–H and O–H groups in total. The zero-order valence-corrected chi connectivity index (χ0v) is 22.3. The van der Waals surface area contributed by atoms with Crippen LogP contribution < -0.4 is 15.4 Å². The number of hydrogen-bond donors (Lipinski definition) is 3. The van der Waals surface area contributed by atoms with Crippen LogP contribution in [0, 0.1) is 11.7 Å². The van der Waals surface area contributed by atoms with Crippen molar-refractivity contribution in [3.8, 4) is 5.75 Å². The lowest BCUT2D eigenvalue weighted by Gasteiger charge is -2.38. The zero-order valence-electron chi connectivity index (χ0n) is 22.3. The maximum atomic E-state index is 13.6. The minimum Gasteiger partial charge on any atom is -0.488 e. The summed E-state index contributed by atoms with van der Waals surface area (Å²) in [6, 6.07) is 13.3. The molecule has 3 amide bonds. The van der Waals surface area contributed by atoms with Crippen molar-refractivity contribution < 1.29 is 23.8 Å². The maximum absolute atomic E-state index is 13.6. The van der Waals surface area contributed by atoms with Gasteiger partial charge in [0.1, 0.15) is 17.7 Å². The summed E-state index contributed by atoms with van der Waals surface area (Å²) < 4.78 is 19.6. The third-order valence-corrected chi connectivity index (χ3v) is 6.72. The van der Waals surface area contributed by atoms with Gasteiger partial charge in [0.2, 0.25) is 0 Å². The van der Waals surface area contributed by atoms with E-state index in [2.05, 4.69) is 20.5 Å². The lowest BCUT2D eigenvalue weighted by atomic mass is 9.99. The van der Waals surface area contributed by atoms with Crippen molar-refractivity contribution in [1.29, 1.82) is 0 Å². The highest BCUT2D eigenvalue weighted by molar-refractivity contribution is 6.02. The molecule has 0 saturated carbocycles. The van der Waals surface area contributed by atoms with Gasteiger partial charge in [-0.3, -0.25) is 14.7 Å². The molecule has 0 unspecified atom stereocenters. The molecular formula is C29H34FN5O4. The van der Waals surface area contributed by atoms with Gasteiger partial charge in [-0.05, 0) is 74.1 Å². The first-order chi connectivity index (χ1) is 18.7. The number of aliphatic hydroxyl groups is 1. The van der Waals surface area contributed by atoms with Crippen molar-refractivity contribution in [1.82, 2.24) is 14.8 Å². The highest BCUT2D eigenvalue weighted by atomic mass is 19.1. The first-order valence-electron chi connectivity index (χ1n) is 12.9. The predicted molar refractivity (Wildman–Crippen MR) is 147 cm³/mol. The lowest BCUT2D eigenvalue weighted by Crippen LogP contribution is -2.49. The largest absolute Gasteiger partial charge is 0.488 e. The van der Waals surface area contributed by atoms with E-state index in [4.69, 9.17) is 4.74 Å². The third-order valence-electron chi connectivity index (χ3n) is 6.72. The van der Waals surface area contributed by atoms with Crippen LogP contribution in [-0.2, 0) is 6.54 Å². The SMILES string of the molecule is C[C@@H]1CN([C@H](C)CO)C(=O)c2cc(NC(=O)Nc3ccc(F)cc3)ccc2O[C@@H]1CN(C)Cc1ccncc1. The minimum atomic E-state index is -0.536. The Morgan fingerprint density at radius 1 is 1.15 bits per heavy atom. The number of urea groups is 1. The van der Waals surface area contributed by atoms with E-state index in [0.29, 0.717) is 42.3 Å². The van der Waals surface area contributed by atoms with Crippen molar-refractivity contribution in [3.05, 3.63) is 83.9 Å². The van der Waals surface area contributed by atoms with E-state index in [1.54, 1.807) is 42.4 Å². The number of rotatable bonds is 8. The number of pyridine rings is 1. The number of nitrogens with zero attached hydrogens (tertiary/aromatic N) is 3. The Labute approximate surface area is 227 Å². The summed E-state index contributed by atoms with van der Waals surface area (Å²) in [5.74, 6) is -0.299. The molecule has 0 spiro atoms. The molecule has 10 heteroatoms. The Kier molecular flexibility index (Phi) is 9.11. The number of carbonyl (C=O) groups excluding carboxylic acids is 2. The summed E-state index contributed by atoms with van der Waals surface area (Å²) in [7, 11) is 2.02. The van der Waals surface area contributed by atoms with Gasteiger partial charge in [0.25, 0.3) is 5.91 Å². The van der Waals surface area contributed by atoms with Crippen LogP contribution in [0.1, 0.15) is 29.8 Å². The van der Waals surface area contributed by atoms with Crippen molar-refractivity contribution in [2.45, 2.75) is 32.5 Å². The van der Waals surface area contributed by atoms with E-state index < -0.39 is 17.9 Å². The molecular weight excluding hydrogens is 501 g/mol. The summed E-state index contributed by atoms with van der Waals surface area (Å²) >= 11 is 0. The molecule has 0 aliphatic carbocycles. The number of anilines is 2. The number of aromatic nitrogens is 1. The maximum Gasteiger partial charge on any atom is 0.323 e. The van der Waals surface area contributed by atoms with Gasteiger partial charge >= 0.3 is 6.03 Å². The molecule has 1 aliphatic rings. The van der Waals surface area contributed by atoms with Crippen LogP contribution in [0.3, 0.4) is 0 Å². The van der Waals surface area contributed by atoms with Crippen LogP contribution in [0.25, 0.3) is 0 Å². The fraction of sp³-hybridized carbons (Fsp3) is 0.345. The fourth-order valence-electron chi connectivity index (χ4n) is 4.52. The topological polar surface area (TPSA) is 107 Å². The van der Waals surface area contributed by atoms with Crippen LogP contribution in [0.15, 0.2) is 67.0 Å². The highest BCUT2D eigenvalue weighted by Gasteiger charge is 2.33. The van der Waals surface area contributed by atoms with Crippen LogP contribution in [0.2, 0.25) is 0 Å². The Bertz CT molecular complexity index is 1270. The first-order valence-corrected chi connectivity index (χ1v) is 12.9. The monoisotopic (exact) mass is 535 g/mol. The summed E-state index contributed by atoms with van der Waals surface area (Å²) in [4.78, 5) is 34.1. The molecule has 3 atom stereocenters. The van der Waals surface area contributed by atoms with Crippen LogP contribution >= 0.6 is 0 Å². The molecule has 0 saturated heterocycles. The number of benzene rings is 2. The molecule has 9 nitrogen and oxygen atoms in total. The van der Waals surface area contributed by atoms with E-state index >= 15 is 0 Å². The highest BCUT2D eigenvalue weighted by Crippen LogP contribution is 2.31. The fourth-order valence-corrected chi connectivity index (χ4v) is 4.52. The third kappa shape index (κ3) is 7.30. The number of likely N-dealkylation sites (N-methyl/N-ethyl adjacent to an activating group) is 1. The molecule has 1 aromatic heterocycles. The van der Waals surface area contributed by atoms with Gasteiger partial charge < -0.3 is 25.4 Å². The molecule has 0 radical (unpaired) electrons. The smallest absolute Gasteiger partial charge is 0.323 e. The van der Waals surface area contributed by atoms with Crippen LogP contribution in [0.5, 0.6) is 5.75 Å². The zero-order chi connectivity index (χ0) is 27.9. The Morgan fingerprint density at radius 2 is 1.82 bits per heavy atom. The van der Waals surface area contributed by atoms with Gasteiger partial charge in [-0.1, -0.05) is 6.92 Å². The second-order valence-corrected chi connectivity index (χ2v) is 9.97. The second-order valence-electron chi connectivity index (χ2n) is 9.97. The average molecular weight is 536 g/mol. The van der Waals surface area contributed by atoms with E-state index in [-0.39, 0.29) is 24.5 Å². The van der Waals surface area contributed by atoms with Gasteiger partial charge in [0.15, 0.2) is 0 Å². The molecule has 206 valence electrons. The number of carbonyl (C=O) groups is 2. The van der Waals surface area contributed by atoms with Gasteiger partial charge in [-0.25, -0.2) is 9.18 Å². The molecule has 2 heterocycles. The summed E-state index contributed by atoms with van der Waals surface area (Å²) in [5, 5.41) is 15.2. The number of hydrogen-bond acceptors (Lipinski definition) is 6. The summed E-state index contributed by atoms with van der Waals surface area (Å²) in [6.07, 6.45) is 3.29. The van der Waals surface area contributed by atoms with Crippen molar-refractivity contribution in [2.24, 2.45) is 5.92 Å². The van der Waals surface area contributed by atoms with E-state index in [1.165, 1.54) is 24.3 Å². The van der Waals surface area contributed by atoms with E-state index in [1.807, 2.05) is 26.1 Å². The molecule has 4 rings (SSSR count). The molecule has 2 aromatic carbocycles. The standard InChI is InChI=1S/C29H34FN5O4/c1-19-15-35(20(2)18-36)28(37)25-14-24(33-29(38)32-23-6-4-22(30)5-7-23)8-9-26(25)39-27(19)17-34(3)16-21-10-12-31-13-11-21/h4-14,19-20,27,36H,15-18H2,1-3H3,(H2,32,33,38)/t19-,20-,27-/m1/s1. The van der Waals surface area contributed by atoms with Crippen LogP contribution in [-0.4, -0.2) is 70.7 Å². The van der Waals surface area contributed by atoms with Crippen LogP contribution in [0.4, 0.5) is 20.6 Å². The molecule has 0 fully saturated rings. The number of amides is 3. The molecule has 3 aromatic rings. The number of halogens is 1. The summed E-state index contributed by atoms with van der Waals surface area (Å²) in [6.45, 7) is 5.38. The van der Waals surface area contributed by atoms with Crippen molar-refractivity contribution in [2.75, 3.05) is 37.4 Å². The Hall–Kier alpha value is -4.02. The first kappa shape index (κ1) is 28.0. The lowest BCUT2D eigenvalue weighted by molar-refractivity contribution is 0.0341. The van der Waals surface area contributed by atoms with E-state index in [0.717, 1.165) is 5.56 Å².